The lowest BCUT2D eigenvalue weighted by Gasteiger charge is -2.11. The Kier molecular flexibility index (Phi) is 5.83. The van der Waals surface area contributed by atoms with E-state index in [1.165, 1.54) is 39.0 Å². The van der Waals surface area contributed by atoms with Gasteiger partial charge in [0.25, 0.3) is 0 Å². The van der Waals surface area contributed by atoms with Gasteiger partial charge in [-0.2, -0.15) is 0 Å². The van der Waals surface area contributed by atoms with Gasteiger partial charge in [0.05, 0.1) is 0 Å². The van der Waals surface area contributed by atoms with E-state index < -0.39 is 0 Å². The average Bonchev–Trinajstić information content (AvgIpc) is 2.78. The summed E-state index contributed by atoms with van der Waals surface area (Å²) in [6, 6.07) is 40.5. The summed E-state index contributed by atoms with van der Waals surface area (Å²) in [4.78, 5) is 0. The Hall–Kier alpha value is -3.64. The molecule has 0 nitrogen and oxygen atoms in total. The first-order valence-corrected chi connectivity index (χ1v) is 9.96. The van der Waals surface area contributed by atoms with E-state index >= 15 is 0 Å². The fourth-order valence-electron chi connectivity index (χ4n) is 3.55. The highest BCUT2D eigenvalue weighted by Gasteiger charge is 2.07. The van der Waals surface area contributed by atoms with Crippen LogP contribution in [-0.2, 0) is 0 Å². The molecule has 0 N–H and O–H groups in total. The van der Waals surface area contributed by atoms with Crippen LogP contribution in [-0.4, -0.2) is 0 Å². The van der Waals surface area contributed by atoms with Crippen LogP contribution < -0.4 is 0 Å². The lowest BCUT2D eigenvalue weighted by Crippen LogP contribution is -1.90. The lowest BCUT2D eigenvalue weighted by molar-refractivity contribution is 1.44. The van der Waals surface area contributed by atoms with Crippen molar-refractivity contribution < 1.29 is 0 Å². The fourth-order valence-corrected chi connectivity index (χ4v) is 3.55. The van der Waals surface area contributed by atoms with Crippen LogP contribution in [0.2, 0.25) is 0 Å². The third kappa shape index (κ3) is 4.62. The van der Waals surface area contributed by atoms with Crippen LogP contribution in [0.3, 0.4) is 0 Å². The number of hydrogen-bond acceptors (Lipinski definition) is 0. The summed E-state index contributed by atoms with van der Waals surface area (Å²) < 4.78 is 0. The van der Waals surface area contributed by atoms with Crippen LogP contribution in [0.15, 0.2) is 127 Å². The fraction of sp³-hybridized carbons (Fsp3) is 0.0345. The van der Waals surface area contributed by atoms with E-state index in [1.807, 2.05) is 0 Å². The molecule has 0 amide bonds. The molecule has 0 unspecified atom stereocenters. The second-order valence-electron chi connectivity index (χ2n) is 7.13. The first-order valence-electron chi connectivity index (χ1n) is 9.96. The normalized spacial score (nSPS) is 11.1. The standard InChI is InChI=1S/C29H24/c1-23-12-11-19-27(22-23)29(26-17-9-4-10-18-26)21-20-28(24-13-5-2-6-14-24)25-15-7-3-8-16-25/h2-22H,1H3. The summed E-state index contributed by atoms with van der Waals surface area (Å²) in [5, 5.41) is 0. The van der Waals surface area contributed by atoms with Gasteiger partial charge in [0.15, 0.2) is 0 Å². The molecule has 140 valence electrons. The van der Waals surface area contributed by atoms with E-state index in [0.29, 0.717) is 0 Å². The van der Waals surface area contributed by atoms with Crippen molar-refractivity contribution in [2.75, 3.05) is 0 Å². The summed E-state index contributed by atoms with van der Waals surface area (Å²) in [6.07, 6.45) is 4.49. The molecular weight excluding hydrogens is 348 g/mol. The van der Waals surface area contributed by atoms with Crippen molar-refractivity contribution in [2.45, 2.75) is 6.92 Å². The van der Waals surface area contributed by atoms with Crippen molar-refractivity contribution in [1.29, 1.82) is 0 Å². The highest BCUT2D eigenvalue weighted by atomic mass is 14.1. The minimum atomic E-state index is 1.21. The maximum atomic E-state index is 2.25. The molecule has 4 aromatic carbocycles. The maximum absolute atomic E-state index is 2.25. The van der Waals surface area contributed by atoms with Crippen LogP contribution >= 0.6 is 0 Å². The molecule has 0 fully saturated rings. The second-order valence-corrected chi connectivity index (χ2v) is 7.13. The predicted molar refractivity (Wildman–Crippen MR) is 125 cm³/mol. The van der Waals surface area contributed by atoms with Crippen molar-refractivity contribution in [1.82, 2.24) is 0 Å². The van der Waals surface area contributed by atoms with Gasteiger partial charge in [-0.3, -0.25) is 0 Å². The van der Waals surface area contributed by atoms with Gasteiger partial charge in [-0.05, 0) is 40.3 Å². The molecule has 0 radical (unpaired) electrons. The quantitative estimate of drug-likeness (QED) is 0.317. The zero-order valence-corrected chi connectivity index (χ0v) is 16.6. The van der Waals surface area contributed by atoms with E-state index in [2.05, 4.69) is 134 Å². The van der Waals surface area contributed by atoms with Crippen molar-refractivity contribution in [3.8, 4) is 0 Å². The molecule has 0 spiro atoms. The van der Waals surface area contributed by atoms with Gasteiger partial charge in [-0.25, -0.2) is 0 Å². The van der Waals surface area contributed by atoms with Crippen molar-refractivity contribution in [2.24, 2.45) is 0 Å². The van der Waals surface area contributed by atoms with Gasteiger partial charge in [0.2, 0.25) is 0 Å². The molecule has 0 heterocycles. The van der Waals surface area contributed by atoms with Crippen LogP contribution in [0.4, 0.5) is 0 Å². The Labute approximate surface area is 173 Å². The van der Waals surface area contributed by atoms with Crippen LogP contribution in [0.5, 0.6) is 0 Å². The summed E-state index contributed by atoms with van der Waals surface area (Å²) in [5.74, 6) is 0. The van der Waals surface area contributed by atoms with Gasteiger partial charge in [-0.15, -0.1) is 0 Å². The summed E-state index contributed by atoms with van der Waals surface area (Å²) in [7, 11) is 0. The lowest BCUT2D eigenvalue weighted by atomic mass is 9.93. The molecule has 29 heavy (non-hydrogen) atoms. The molecule has 4 rings (SSSR count). The van der Waals surface area contributed by atoms with E-state index in [9.17, 15) is 0 Å². The summed E-state index contributed by atoms with van der Waals surface area (Å²) in [5.41, 5.74) is 8.58. The first kappa shape index (κ1) is 18.7. The van der Waals surface area contributed by atoms with Gasteiger partial charge < -0.3 is 0 Å². The van der Waals surface area contributed by atoms with Crippen molar-refractivity contribution in [3.63, 3.8) is 0 Å². The van der Waals surface area contributed by atoms with Crippen LogP contribution in [0.25, 0.3) is 11.1 Å². The summed E-state index contributed by atoms with van der Waals surface area (Å²) in [6.45, 7) is 2.14. The molecule has 0 atom stereocenters. The van der Waals surface area contributed by atoms with Gasteiger partial charge in [0, 0.05) is 0 Å². The molecule has 0 saturated heterocycles. The Bertz CT molecular complexity index is 1080. The monoisotopic (exact) mass is 372 g/mol. The number of rotatable bonds is 5. The molecular formula is C29H24. The highest BCUT2D eigenvalue weighted by molar-refractivity contribution is 5.86. The first-order chi connectivity index (χ1) is 14.3. The molecule has 0 aliphatic heterocycles. The molecule has 0 aromatic heterocycles. The number of hydrogen-bond donors (Lipinski definition) is 0. The Morgan fingerprint density at radius 1 is 0.448 bits per heavy atom. The molecule has 0 aliphatic carbocycles. The number of aryl methyl sites for hydroxylation is 1. The zero-order valence-electron chi connectivity index (χ0n) is 16.6. The third-order valence-electron chi connectivity index (χ3n) is 5.00. The third-order valence-corrected chi connectivity index (χ3v) is 5.00. The molecule has 0 saturated carbocycles. The van der Waals surface area contributed by atoms with Gasteiger partial charge in [-0.1, -0.05) is 133 Å². The van der Waals surface area contributed by atoms with Crippen LogP contribution in [0, 0.1) is 6.92 Å². The second kappa shape index (κ2) is 9.03. The zero-order chi connectivity index (χ0) is 19.9. The van der Waals surface area contributed by atoms with E-state index in [4.69, 9.17) is 0 Å². The van der Waals surface area contributed by atoms with E-state index in [-0.39, 0.29) is 0 Å². The van der Waals surface area contributed by atoms with Crippen molar-refractivity contribution in [3.05, 3.63) is 155 Å². The minimum Gasteiger partial charge on any atom is -0.0622 e. The predicted octanol–water partition coefficient (Wildman–Crippen LogP) is 7.56. The Morgan fingerprint density at radius 3 is 1.24 bits per heavy atom. The summed E-state index contributed by atoms with van der Waals surface area (Å²) >= 11 is 0. The molecule has 0 heteroatoms. The molecule has 0 aliphatic rings. The number of benzene rings is 4. The SMILES string of the molecule is Cc1cccc(C(=CC=C(c2ccccc2)c2ccccc2)c2ccccc2)c1. The smallest absolute Gasteiger partial charge is 0.0111 e. The largest absolute Gasteiger partial charge is 0.0622 e. The molecule has 0 bridgehead atoms. The molecule has 4 aromatic rings. The maximum Gasteiger partial charge on any atom is -0.0111 e. The number of allylic oxidation sites excluding steroid dienone is 2. The average molecular weight is 373 g/mol. The van der Waals surface area contributed by atoms with Crippen molar-refractivity contribution >= 4 is 11.1 Å². The Balaban J connectivity index is 1.88. The highest BCUT2D eigenvalue weighted by Crippen LogP contribution is 2.28. The topological polar surface area (TPSA) is 0 Å². The van der Waals surface area contributed by atoms with Gasteiger partial charge in [0.1, 0.15) is 0 Å². The van der Waals surface area contributed by atoms with Gasteiger partial charge >= 0.3 is 0 Å². The van der Waals surface area contributed by atoms with E-state index in [0.717, 1.165) is 0 Å². The Morgan fingerprint density at radius 2 is 0.828 bits per heavy atom. The minimum absolute atomic E-state index is 1.21. The van der Waals surface area contributed by atoms with Crippen LogP contribution in [0.1, 0.15) is 27.8 Å². The van der Waals surface area contributed by atoms with E-state index in [1.54, 1.807) is 0 Å².